The molecule has 1 saturated heterocycles. The molecule has 0 spiro atoms. The summed E-state index contributed by atoms with van der Waals surface area (Å²) in [5.41, 5.74) is 0.234. The van der Waals surface area contributed by atoms with Crippen molar-refractivity contribution >= 4 is 5.71 Å². The summed E-state index contributed by atoms with van der Waals surface area (Å²) in [6.45, 7) is 7.16. The van der Waals surface area contributed by atoms with E-state index in [2.05, 4.69) is 0 Å². The van der Waals surface area contributed by atoms with E-state index in [0.29, 0.717) is 11.4 Å². The molecule has 2 rings (SSSR count). The van der Waals surface area contributed by atoms with E-state index in [-0.39, 0.29) is 0 Å². The molecule has 98 valence electrons. The topological polar surface area (TPSA) is 70.8 Å². The minimum absolute atomic E-state index is 0.416. The molecule has 18 heavy (non-hydrogen) atoms. The molecule has 0 aromatic heterocycles. The molecule has 3 N–H and O–H groups in total. The van der Waals surface area contributed by atoms with Gasteiger partial charge >= 0.3 is 0 Å². The van der Waals surface area contributed by atoms with Crippen LogP contribution in [0.5, 0.6) is 0 Å². The first kappa shape index (κ1) is 13.0. The summed E-state index contributed by atoms with van der Waals surface area (Å²) in [6, 6.07) is 0. The Hall–Kier alpha value is -1.43. The van der Waals surface area contributed by atoms with Crippen molar-refractivity contribution < 1.29 is 10.4 Å². The molecule has 2 aliphatic rings. The van der Waals surface area contributed by atoms with Crippen molar-refractivity contribution in [3.05, 3.63) is 35.6 Å². The van der Waals surface area contributed by atoms with Crippen LogP contribution in [0.4, 0.5) is 0 Å². The average molecular weight is 249 g/mol. The molecule has 1 aliphatic carbocycles. The van der Waals surface area contributed by atoms with Crippen LogP contribution in [0, 0.1) is 5.41 Å². The number of nitrogens with one attached hydrogen (secondary N) is 1. The lowest BCUT2D eigenvalue weighted by Gasteiger charge is -2.33. The average Bonchev–Trinajstić information content (AvgIpc) is 2.40. The summed E-state index contributed by atoms with van der Waals surface area (Å²) in [5.74, 6) is 0. The van der Waals surface area contributed by atoms with E-state index in [1.807, 2.05) is 13.8 Å². The minimum Gasteiger partial charge on any atom is -0.311 e. The first-order valence-corrected chi connectivity index (χ1v) is 5.87. The number of hydrogen-bond donors (Lipinski definition) is 3. The van der Waals surface area contributed by atoms with Gasteiger partial charge in [-0.15, -0.1) is 0 Å². The van der Waals surface area contributed by atoms with E-state index < -0.39 is 11.2 Å². The molecule has 5 nitrogen and oxygen atoms in total. The van der Waals surface area contributed by atoms with E-state index in [9.17, 15) is 10.4 Å². The molecule has 0 saturated carbocycles. The van der Waals surface area contributed by atoms with Crippen LogP contribution in [0.1, 0.15) is 27.7 Å². The van der Waals surface area contributed by atoms with E-state index >= 15 is 0 Å². The van der Waals surface area contributed by atoms with Gasteiger partial charge in [0.1, 0.15) is 5.66 Å². The highest BCUT2D eigenvalue weighted by molar-refractivity contribution is 6.03. The lowest BCUT2D eigenvalue weighted by Crippen LogP contribution is -2.49. The summed E-state index contributed by atoms with van der Waals surface area (Å²) in [5, 5.41) is 30.2. The summed E-state index contributed by atoms with van der Waals surface area (Å²) < 4.78 is 0. The summed E-state index contributed by atoms with van der Waals surface area (Å²) in [7, 11) is 0. The predicted octanol–water partition coefficient (Wildman–Crippen LogP) is 2.30. The molecular formula is C13H19N3O2. The second-order valence-electron chi connectivity index (χ2n) is 5.60. The molecule has 1 fully saturated rings. The lowest BCUT2D eigenvalue weighted by atomic mass is 9.95. The van der Waals surface area contributed by atoms with Crippen LogP contribution in [0.15, 0.2) is 35.6 Å². The monoisotopic (exact) mass is 249 g/mol. The largest absolute Gasteiger partial charge is 0.311 e. The van der Waals surface area contributed by atoms with E-state index in [4.69, 9.17) is 5.41 Å². The molecule has 0 amide bonds. The summed E-state index contributed by atoms with van der Waals surface area (Å²) in [4.78, 5) is 0. The smallest absolute Gasteiger partial charge is 0.136 e. The fourth-order valence-corrected chi connectivity index (χ4v) is 2.51. The Balaban J connectivity index is 2.58. The molecule has 0 bridgehead atoms. The number of hydroxylamine groups is 4. The van der Waals surface area contributed by atoms with E-state index in [1.54, 1.807) is 38.2 Å². The number of hydrogen-bond acceptors (Lipinski definition) is 5. The Bertz CT molecular complexity index is 468. The van der Waals surface area contributed by atoms with Gasteiger partial charge in [0.2, 0.25) is 0 Å². The molecule has 1 heterocycles. The number of nitrogens with zero attached hydrogens (tertiary/aromatic N) is 2. The fourth-order valence-electron chi connectivity index (χ4n) is 2.51. The second kappa shape index (κ2) is 3.78. The molecule has 0 radical (unpaired) electrons. The van der Waals surface area contributed by atoms with Crippen LogP contribution in [0.3, 0.4) is 0 Å². The highest BCUT2D eigenvalue weighted by Crippen LogP contribution is 2.43. The third kappa shape index (κ3) is 1.63. The van der Waals surface area contributed by atoms with Crippen molar-refractivity contribution in [1.82, 2.24) is 10.1 Å². The zero-order valence-electron chi connectivity index (χ0n) is 11.1. The zero-order chi connectivity index (χ0) is 13.7. The first-order chi connectivity index (χ1) is 8.19. The summed E-state index contributed by atoms with van der Waals surface area (Å²) in [6.07, 6.45) is 6.88. The van der Waals surface area contributed by atoms with Crippen LogP contribution in [-0.4, -0.2) is 37.5 Å². The van der Waals surface area contributed by atoms with Gasteiger partial charge in [-0.25, -0.2) is 5.06 Å². The van der Waals surface area contributed by atoms with Gasteiger partial charge in [-0.1, -0.05) is 12.2 Å². The highest BCUT2D eigenvalue weighted by atomic mass is 16.6. The van der Waals surface area contributed by atoms with Crippen LogP contribution < -0.4 is 0 Å². The van der Waals surface area contributed by atoms with Gasteiger partial charge in [-0.05, 0) is 45.4 Å². The standard InChI is InChI=1S/C13H19N3O2/c1-12(2)11(9-5-7-10(14)8-6-9)15(17)13(3,4)16(12)18/h5-8,14,17-18H,1-4H3. The molecule has 1 aliphatic heterocycles. The third-order valence-electron chi connectivity index (χ3n) is 3.52. The maximum absolute atomic E-state index is 10.3. The molecule has 0 atom stereocenters. The van der Waals surface area contributed by atoms with Crippen molar-refractivity contribution in [1.29, 1.82) is 5.41 Å². The molecule has 0 unspecified atom stereocenters. The van der Waals surface area contributed by atoms with Gasteiger partial charge in [0, 0.05) is 0 Å². The van der Waals surface area contributed by atoms with E-state index in [0.717, 1.165) is 15.7 Å². The quantitative estimate of drug-likeness (QED) is 0.616. The normalized spacial score (nSPS) is 26.3. The second-order valence-corrected chi connectivity index (χ2v) is 5.60. The molecule has 0 aromatic rings. The van der Waals surface area contributed by atoms with Crippen molar-refractivity contribution in [2.75, 3.05) is 0 Å². The van der Waals surface area contributed by atoms with Gasteiger partial charge in [0.05, 0.1) is 16.9 Å². The molecular weight excluding hydrogens is 230 g/mol. The van der Waals surface area contributed by atoms with Crippen LogP contribution >= 0.6 is 0 Å². The van der Waals surface area contributed by atoms with Crippen molar-refractivity contribution in [2.24, 2.45) is 0 Å². The zero-order valence-corrected chi connectivity index (χ0v) is 11.1. The first-order valence-electron chi connectivity index (χ1n) is 5.87. The van der Waals surface area contributed by atoms with Crippen LogP contribution in [0.2, 0.25) is 0 Å². The van der Waals surface area contributed by atoms with Crippen molar-refractivity contribution in [3.63, 3.8) is 0 Å². The third-order valence-corrected chi connectivity index (χ3v) is 3.52. The van der Waals surface area contributed by atoms with Crippen molar-refractivity contribution in [2.45, 2.75) is 38.9 Å². The van der Waals surface area contributed by atoms with Gasteiger partial charge in [0.15, 0.2) is 0 Å². The Labute approximate surface area is 107 Å². The van der Waals surface area contributed by atoms with Gasteiger partial charge in [-0.3, -0.25) is 5.21 Å². The lowest BCUT2D eigenvalue weighted by molar-refractivity contribution is -0.255. The Morgan fingerprint density at radius 1 is 1.00 bits per heavy atom. The Morgan fingerprint density at radius 3 is 1.89 bits per heavy atom. The molecule has 5 heteroatoms. The van der Waals surface area contributed by atoms with Crippen molar-refractivity contribution in [3.8, 4) is 0 Å². The predicted molar refractivity (Wildman–Crippen MR) is 68.4 cm³/mol. The highest BCUT2D eigenvalue weighted by Gasteiger charge is 2.54. The minimum atomic E-state index is -0.890. The van der Waals surface area contributed by atoms with E-state index in [1.165, 1.54) is 0 Å². The fraction of sp³-hybridized carbons (Fsp3) is 0.462. The maximum Gasteiger partial charge on any atom is 0.136 e. The van der Waals surface area contributed by atoms with Crippen LogP contribution in [-0.2, 0) is 0 Å². The van der Waals surface area contributed by atoms with Gasteiger partial charge < -0.3 is 10.6 Å². The van der Waals surface area contributed by atoms with Gasteiger partial charge in [-0.2, -0.15) is 5.06 Å². The van der Waals surface area contributed by atoms with Gasteiger partial charge in [0.25, 0.3) is 0 Å². The molecule has 0 aromatic carbocycles. The number of rotatable bonds is 0. The van der Waals surface area contributed by atoms with Crippen LogP contribution in [0.25, 0.3) is 0 Å². The summed E-state index contributed by atoms with van der Waals surface area (Å²) >= 11 is 0. The maximum atomic E-state index is 10.3. The number of allylic oxidation sites excluding steroid dienone is 5. The Morgan fingerprint density at radius 2 is 1.50 bits per heavy atom. The Kier molecular flexibility index (Phi) is 2.73. The SMILES string of the molecule is CC1(C)C(=C2C=CC(=N)C=C2)N(O)C(C)(C)N1O.